The maximum Gasteiger partial charge on any atom is 0.253 e. The van der Waals surface area contributed by atoms with Gasteiger partial charge in [-0.25, -0.2) is 0 Å². The highest BCUT2D eigenvalue weighted by Crippen LogP contribution is 2.30. The van der Waals surface area contributed by atoms with Gasteiger partial charge in [-0.1, -0.05) is 60.7 Å². The molecule has 0 atom stereocenters. The van der Waals surface area contributed by atoms with Crippen molar-refractivity contribution in [3.63, 3.8) is 0 Å². The summed E-state index contributed by atoms with van der Waals surface area (Å²) in [6, 6.07) is 27.5. The first-order valence-corrected chi connectivity index (χ1v) is 11.0. The molecule has 1 saturated heterocycles. The minimum atomic E-state index is 0.129. The van der Waals surface area contributed by atoms with E-state index in [1.165, 1.54) is 11.1 Å². The quantitative estimate of drug-likeness (QED) is 0.611. The molecule has 0 aromatic heterocycles. The number of carbonyl (C=O) groups excluding carboxylic acids is 1. The summed E-state index contributed by atoms with van der Waals surface area (Å²) in [6.07, 6.45) is 0. The van der Waals surface area contributed by atoms with Crippen molar-refractivity contribution in [1.29, 1.82) is 0 Å². The number of hydrogen-bond acceptors (Lipinski definition) is 3. The van der Waals surface area contributed by atoms with Gasteiger partial charge in [0.15, 0.2) is 0 Å². The van der Waals surface area contributed by atoms with E-state index in [2.05, 4.69) is 77.4 Å². The van der Waals surface area contributed by atoms with Crippen LogP contribution in [0.4, 0.5) is 5.69 Å². The number of piperazine rings is 1. The summed E-state index contributed by atoms with van der Waals surface area (Å²) in [7, 11) is 4.05. The minimum Gasteiger partial charge on any atom is -0.377 e. The molecular weight excluding hydrogens is 382 g/mol. The third-order valence-corrected chi connectivity index (χ3v) is 6.12. The molecule has 0 bridgehead atoms. The van der Waals surface area contributed by atoms with Crippen LogP contribution in [0, 0.1) is 6.92 Å². The fourth-order valence-corrected chi connectivity index (χ4v) is 4.54. The van der Waals surface area contributed by atoms with Gasteiger partial charge in [0.05, 0.1) is 6.04 Å². The van der Waals surface area contributed by atoms with Gasteiger partial charge in [-0.05, 0) is 41.8 Å². The molecular formula is C27H31N3O. The largest absolute Gasteiger partial charge is 0.377 e. The Bertz CT molecular complexity index is 970. The number of anilines is 1. The first-order chi connectivity index (χ1) is 15.0. The number of amides is 1. The Kier molecular flexibility index (Phi) is 6.38. The van der Waals surface area contributed by atoms with Crippen molar-refractivity contribution in [3.8, 4) is 0 Å². The topological polar surface area (TPSA) is 26.8 Å². The highest BCUT2D eigenvalue weighted by molar-refractivity contribution is 5.95. The van der Waals surface area contributed by atoms with E-state index in [9.17, 15) is 4.79 Å². The molecule has 4 rings (SSSR count). The molecule has 4 nitrogen and oxygen atoms in total. The summed E-state index contributed by atoms with van der Waals surface area (Å²) in [5.74, 6) is 0.129. The van der Waals surface area contributed by atoms with Crippen LogP contribution in [0.3, 0.4) is 0 Å². The van der Waals surface area contributed by atoms with Gasteiger partial charge in [0.2, 0.25) is 0 Å². The van der Waals surface area contributed by atoms with Crippen LogP contribution in [0.1, 0.15) is 33.1 Å². The summed E-state index contributed by atoms with van der Waals surface area (Å²) >= 11 is 0. The van der Waals surface area contributed by atoms with Crippen LogP contribution in [-0.2, 0) is 0 Å². The lowest BCUT2D eigenvalue weighted by Gasteiger charge is -2.40. The van der Waals surface area contributed by atoms with E-state index in [1.807, 2.05) is 37.2 Å². The standard InChI is InChI=1S/C27H31N3O/c1-21-20-24(14-15-25(21)28(2)3)27(31)30-18-16-29(17-19-30)26(22-10-6-4-7-11-22)23-12-8-5-9-13-23/h4-15,20,26H,16-19H2,1-3H3. The molecule has 1 aliphatic heterocycles. The molecule has 3 aromatic carbocycles. The summed E-state index contributed by atoms with van der Waals surface area (Å²) in [4.78, 5) is 19.7. The summed E-state index contributed by atoms with van der Waals surface area (Å²) < 4.78 is 0. The maximum atomic E-state index is 13.1. The number of carbonyl (C=O) groups is 1. The van der Waals surface area contributed by atoms with Gasteiger partial charge >= 0.3 is 0 Å². The minimum absolute atomic E-state index is 0.129. The third-order valence-electron chi connectivity index (χ3n) is 6.12. The molecule has 1 amide bonds. The second-order valence-corrected chi connectivity index (χ2v) is 8.45. The molecule has 1 heterocycles. The van der Waals surface area contributed by atoms with E-state index in [0.29, 0.717) is 0 Å². The van der Waals surface area contributed by atoms with Crippen LogP contribution in [0.5, 0.6) is 0 Å². The van der Waals surface area contributed by atoms with Gasteiger partial charge in [-0.3, -0.25) is 9.69 Å². The smallest absolute Gasteiger partial charge is 0.253 e. The van der Waals surface area contributed by atoms with Gasteiger partial charge in [0.1, 0.15) is 0 Å². The summed E-state index contributed by atoms with van der Waals surface area (Å²) in [5.41, 5.74) is 5.64. The lowest BCUT2D eigenvalue weighted by molar-refractivity contribution is 0.0597. The van der Waals surface area contributed by atoms with Crippen molar-refractivity contribution in [1.82, 2.24) is 9.80 Å². The van der Waals surface area contributed by atoms with Crippen LogP contribution < -0.4 is 4.90 Å². The Morgan fingerprint density at radius 1 is 0.806 bits per heavy atom. The molecule has 0 saturated carbocycles. The molecule has 3 aromatic rings. The number of aryl methyl sites for hydroxylation is 1. The average molecular weight is 414 g/mol. The predicted octanol–water partition coefficient (Wildman–Crippen LogP) is 4.61. The second kappa shape index (κ2) is 9.36. The highest BCUT2D eigenvalue weighted by atomic mass is 16.2. The maximum absolute atomic E-state index is 13.1. The van der Waals surface area contributed by atoms with Crippen LogP contribution in [0.25, 0.3) is 0 Å². The van der Waals surface area contributed by atoms with Crippen molar-refractivity contribution in [3.05, 3.63) is 101 Å². The van der Waals surface area contributed by atoms with Gasteiger partial charge in [0.25, 0.3) is 5.91 Å². The van der Waals surface area contributed by atoms with E-state index in [0.717, 1.165) is 43.0 Å². The molecule has 0 unspecified atom stereocenters. The predicted molar refractivity (Wildman–Crippen MR) is 128 cm³/mol. The summed E-state index contributed by atoms with van der Waals surface area (Å²) in [6.45, 7) is 5.26. The van der Waals surface area contributed by atoms with E-state index >= 15 is 0 Å². The fourth-order valence-electron chi connectivity index (χ4n) is 4.54. The van der Waals surface area contributed by atoms with Crippen molar-refractivity contribution in [2.75, 3.05) is 45.2 Å². The molecule has 4 heteroatoms. The molecule has 1 aliphatic rings. The Morgan fingerprint density at radius 2 is 1.35 bits per heavy atom. The lowest BCUT2D eigenvalue weighted by atomic mass is 9.96. The van der Waals surface area contributed by atoms with Crippen LogP contribution >= 0.6 is 0 Å². The van der Waals surface area contributed by atoms with E-state index in [1.54, 1.807) is 0 Å². The Morgan fingerprint density at radius 3 is 1.84 bits per heavy atom. The van der Waals surface area contributed by atoms with Crippen LogP contribution in [-0.4, -0.2) is 56.0 Å². The number of benzene rings is 3. The van der Waals surface area contributed by atoms with Gasteiger partial charge in [-0.2, -0.15) is 0 Å². The Balaban J connectivity index is 1.49. The molecule has 0 aliphatic carbocycles. The summed E-state index contributed by atoms with van der Waals surface area (Å²) in [5, 5.41) is 0. The van der Waals surface area contributed by atoms with Crippen molar-refractivity contribution >= 4 is 11.6 Å². The molecule has 160 valence electrons. The van der Waals surface area contributed by atoms with E-state index in [4.69, 9.17) is 0 Å². The van der Waals surface area contributed by atoms with Crippen molar-refractivity contribution < 1.29 is 4.79 Å². The van der Waals surface area contributed by atoms with Gasteiger partial charge < -0.3 is 9.80 Å². The number of hydrogen-bond donors (Lipinski definition) is 0. The van der Waals surface area contributed by atoms with E-state index in [-0.39, 0.29) is 11.9 Å². The molecule has 31 heavy (non-hydrogen) atoms. The zero-order valence-electron chi connectivity index (χ0n) is 18.7. The fraction of sp³-hybridized carbons (Fsp3) is 0.296. The van der Waals surface area contributed by atoms with Crippen LogP contribution in [0.15, 0.2) is 78.9 Å². The monoisotopic (exact) mass is 413 g/mol. The number of nitrogens with zero attached hydrogens (tertiary/aromatic N) is 3. The molecule has 1 fully saturated rings. The van der Waals surface area contributed by atoms with Crippen molar-refractivity contribution in [2.45, 2.75) is 13.0 Å². The Labute approximate surface area is 185 Å². The van der Waals surface area contributed by atoms with Crippen molar-refractivity contribution in [2.24, 2.45) is 0 Å². The lowest BCUT2D eigenvalue weighted by Crippen LogP contribution is -2.49. The Hall–Kier alpha value is -3.11. The SMILES string of the molecule is Cc1cc(C(=O)N2CCN(C(c3ccccc3)c3ccccc3)CC2)ccc1N(C)C. The number of rotatable bonds is 5. The molecule has 0 radical (unpaired) electrons. The van der Waals surface area contributed by atoms with E-state index < -0.39 is 0 Å². The van der Waals surface area contributed by atoms with Gasteiger partial charge in [-0.15, -0.1) is 0 Å². The zero-order valence-corrected chi connectivity index (χ0v) is 18.7. The highest BCUT2D eigenvalue weighted by Gasteiger charge is 2.28. The normalized spacial score (nSPS) is 14.6. The molecule has 0 spiro atoms. The average Bonchev–Trinajstić information content (AvgIpc) is 2.80. The van der Waals surface area contributed by atoms with Gasteiger partial charge in [0, 0.05) is 51.5 Å². The first kappa shape index (κ1) is 21.1. The van der Waals surface area contributed by atoms with Crippen LogP contribution in [0.2, 0.25) is 0 Å². The third kappa shape index (κ3) is 4.64. The molecule has 0 N–H and O–H groups in total. The second-order valence-electron chi connectivity index (χ2n) is 8.45. The zero-order chi connectivity index (χ0) is 21.8. The first-order valence-electron chi connectivity index (χ1n) is 11.0.